The van der Waals surface area contributed by atoms with Crippen molar-refractivity contribution in [2.45, 2.75) is 26.0 Å². The van der Waals surface area contributed by atoms with Crippen molar-refractivity contribution in [3.05, 3.63) is 35.9 Å². The van der Waals surface area contributed by atoms with E-state index in [2.05, 4.69) is 17.4 Å². The van der Waals surface area contributed by atoms with Gasteiger partial charge in [0.05, 0.1) is 5.75 Å². The van der Waals surface area contributed by atoms with E-state index in [4.69, 9.17) is 5.11 Å². The summed E-state index contributed by atoms with van der Waals surface area (Å²) in [6.45, 7) is 4.85. The van der Waals surface area contributed by atoms with Gasteiger partial charge in [0.2, 0.25) is 5.91 Å². The summed E-state index contributed by atoms with van der Waals surface area (Å²) in [7, 11) is 0. The molecule has 1 aromatic rings. The van der Waals surface area contributed by atoms with E-state index >= 15 is 0 Å². The van der Waals surface area contributed by atoms with Crippen LogP contribution in [0.25, 0.3) is 0 Å². The van der Waals surface area contributed by atoms with Gasteiger partial charge in [0.15, 0.2) is 0 Å². The highest BCUT2D eigenvalue weighted by atomic mass is 32.2. The number of amides is 1. The van der Waals surface area contributed by atoms with Crippen LogP contribution in [-0.2, 0) is 10.5 Å². The van der Waals surface area contributed by atoms with Crippen molar-refractivity contribution in [3.63, 3.8) is 0 Å². The summed E-state index contributed by atoms with van der Waals surface area (Å²) < 4.78 is 0. The molecule has 0 fully saturated rings. The van der Waals surface area contributed by atoms with Crippen molar-refractivity contribution in [2.75, 3.05) is 18.9 Å². The number of nitrogens with one attached hydrogen (secondary N) is 1. The van der Waals surface area contributed by atoms with E-state index in [1.54, 1.807) is 11.8 Å². The first kappa shape index (κ1) is 16.1. The molecule has 1 rings (SSSR count). The van der Waals surface area contributed by atoms with Crippen LogP contribution >= 0.6 is 11.8 Å². The fraction of sp³-hybridized carbons (Fsp3) is 0.533. The van der Waals surface area contributed by atoms with Crippen molar-refractivity contribution in [1.82, 2.24) is 5.32 Å². The van der Waals surface area contributed by atoms with Gasteiger partial charge in [-0.3, -0.25) is 4.79 Å². The summed E-state index contributed by atoms with van der Waals surface area (Å²) in [5.74, 6) is 1.39. The van der Waals surface area contributed by atoms with Crippen molar-refractivity contribution in [2.24, 2.45) is 5.41 Å². The fourth-order valence-electron chi connectivity index (χ4n) is 1.62. The van der Waals surface area contributed by atoms with E-state index in [9.17, 15) is 4.79 Å². The molecule has 0 unspecified atom stereocenters. The standard InChI is InChI=1S/C15H23NO2S/c1-15(2,8-9-17)12-16-14(18)11-19-10-13-6-4-3-5-7-13/h3-7,17H,8-12H2,1-2H3,(H,16,18). The number of carbonyl (C=O) groups excluding carboxylic acids is 1. The zero-order valence-electron chi connectivity index (χ0n) is 11.7. The van der Waals surface area contributed by atoms with Gasteiger partial charge in [-0.25, -0.2) is 0 Å². The molecule has 0 saturated carbocycles. The van der Waals surface area contributed by atoms with Gasteiger partial charge in [-0.2, -0.15) is 0 Å². The molecule has 3 nitrogen and oxygen atoms in total. The molecule has 0 aliphatic carbocycles. The lowest BCUT2D eigenvalue weighted by Gasteiger charge is -2.23. The van der Waals surface area contributed by atoms with Crippen LogP contribution in [0.4, 0.5) is 0 Å². The SMILES string of the molecule is CC(C)(CCO)CNC(=O)CSCc1ccccc1. The van der Waals surface area contributed by atoms with E-state index < -0.39 is 0 Å². The van der Waals surface area contributed by atoms with Gasteiger partial charge in [-0.15, -0.1) is 11.8 Å². The van der Waals surface area contributed by atoms with Crippen LogP contribution in [0.1, 0.15) is 25.8 Å². The lowest BCUT2D eigenvalue weighted by molar-refractivity contribution is -0.119. The average Bonchev–Trinajstić information content (AvgIpc) is 2.38. The smallest absolute Gasteiger partial charge is 0.230 e. The molecule has 0 spiro atoms. The molecule has 0 aliphatic heterocycles. The molecule has 0 aromatic heterocycles. The first-order valence-electron chi connectivity index (χ1n) is 6.53. The zero-order valence-corrected chi connectivity index (χ0v) is 12.5. The molecule has 0 bridgehead atoms. The van der Waals surface area contributed by atoms with Gasteiger partial charge in [0.1, 0.15) is 0 Å². The van der Waals surface area contributed by atoms with Crippen LogP contribution in [0.2, 0.25) is 0 Å². The minimum atomic E-state index is -0.0471. The van der Waals surface area contributed by atoms with Gasteiger partial charge >= 0.3 is 0 Å². The summed E-state index contributed by atoms with van der Waals surface area (Å²) in [4.78, 5) is 11.7. The van der Waals surface area contributed by atoms with Crippen molar-refractivity contribution >= 4 is 17.7 Å². The average molecular weight is 281 g/mol. The van der Waals surface area contributed by atoms with Crippen molar-refractivity contribution in [1.29, 1.82) is 0 Å². The summed E-state index contributed by atoms with van der Waals surface area (Å²) in [5, 5.41) is 11.8. The summed E-state index contributed by atoms with van der Waals surface area (Å²) in [6, 6.07) is 10.1. The Balaban J connectivity index is 2.18. The Labute approximate surface area is 119 Å². The number of aliphatic hydroxyl groups excluding tert-OH is 1. The minimum Gasteiger partial charge on any atom is -0.396 e. The third-order valence-electron chi connectivity index (χ3n) is 2.90. The molecule has 0 aliphatic rings. The second-order valence-corrected chi connectivity index (χ2v) is 6.38. The molecule has 0 heterocycles. The predicted octanol–water partition coefficient (Wildman–Crippen LogP) is 2.44. The molecule has 0 atom stereocenters. The zero-order chi connectivity index (χ0) is 14.1. The Kier molecular flexibility index (Phi) is 6.95. The van der Waals surface area contributed by atoms with E-state index in [0.717, 1.165) is 5.75 Å². The lowest BCUT2D eigenvalue weighted by Crippen LogP contribution is -2.35. The number of aliphatic hydroxyl groups is 1. The Hall–Kier alpha value is -1.00. The molecular weight excluding hydrogens is 258 g/mol. The lowest BCUT2D eigenvalue weighted by atomic mass is 9.90. The van der Waals surface area contributed by atoms with Gasteiger partial charge in [0, 0.05) is 18.9 Å². The number of benzene rings is 1. The van der Waals surface area contributed by atoms with Crippen LogP contribution in [0.15, 0.2) is 30.3 Å². The number of hydrogen-bond acceptors (Lipinski definition) is 3. The van der Waals surface area contributed by atoms with Crippen LogP contribution in [0, 0.1) is 5.41 Å². The van der Waals surface area contributed by atoms with Crippen LogP contribution in [0.3, 0.4) is 0 Å². The van der Waals surface area contributed by atoms with Crippen molar-refractivity contribution in [3.8, 4) is 0 Å². The first-order chi connectivity index (χ1) is 9.03. The molecule has 106 valence electrons. The normalized spacial score (nSPS) is 11.3. The van der Waals surface area contributed by atoms with Gasteiger partial charge < -0.3 is 10.4 Å². The maximum Gasteiger partial charge on any atom is 0.230 e. The second-order valence-electron chi connectivity index (χ2n) is 5.39. The summed E-state index contributed by atoms with van der Waals surface area (Å²) in [5.41, 5.74) is 1.19. The van der Waals surface area contributed by atoms with Gasteiger partial charge in [-0.05, 0) is 17.4 Å². The molecule has 1 amide bonds. The van der Waals surface area contributed by atoms with Gasteiger partial charge in [0.25, 0.3) is 0 Å². The van der Waals surface area contributed by atoms with Crippen molar-refractivity contribution < 1.29 is 9.90 Å². The molecular formula is C15H23NO2S. The minimum absolute atomic E-state index is 0.0471. The van der Waals surface area contributed by atoms with Crippen LogP contribution < -0.4 is 5.32 Å². The maximum atomic E-state index is 11.7. The fourth-order valence-corrected chi connectivity index (χ4v) is 2.43. The third kappa shape index (κ3) is 7.23. The summed E-state index contributed by atoms with van der Waals surface area (Å²) in [6.07, 6.45) is 0.699. The van der Waals surface area contributed by atoms with Gasteiger partial charge in [-0.1, -0.05) is 44.2 Å². The molecule has 0 radical (unpaired) electrons. The number of thioether (sulfide) groups is 1. The largest absolute Gasteiger partial charge is 0.396 e. The monoisotopic (exact) mass is 281 g/mol. The first-order valence-corrected chi connectivity index (χ1v) is 7.68. The van der Waals surface area contributed by atoms with E-state index in [1.807, 2.05) is 32.0 Å². The summed E-state index contributed by atoms with van der Waals surface area (Å²) >= 11 is 1.62. The molecule has 1 aromatic carbocycles. The van der Waals surface area contributed by atoms with Crippen LogP contribution in [0.5, 0.6) is 0 Å². The molecule has 2 N–H and O–H groups in total. The Morgan fingerprint density at radius 1 is 1.32 bits per heavy atom. The highest BCUT2D eigenvalue weighted by Gasteiger charge is 2.17. The Morgan fingerprint density at radius 3 is 2.63 bits per heavy atom. The highest BCUT2D eigenvalue weighted by molar-refractivity contribution is 7.99. The van der Waals surface area contributed by atoms with E-state index in [1.165, 1.54) is 5.56 Å². The molecule has 0 saturated heterocycles. The molecule has 19 heavy (non-hydrogen) atoms. The molecule has 4 heteroatoms. The topological polar surface area (TPSA) is 49.3 Å². The van der Waals surface area contributed by atoms with E-state index in [0.29, 0.717) is 18.7 Å². The highest BCUT2D eigenvalue weighted by Crippen LogP contribution is 2.18. The third-order valence-corrected chi connectivity index (χ3v) is 3.90. The van der Waals surface area contributed by atoms with E-state index in [-0.39, 0.29) is 17.9 Å². The van der Waals surface area contributed by atoms with Crippen LogP contribution in [-0.4, -0.2) is 29.9 Å². The second kappa shape index (κ2) is 8.23. The number of rotatable bonds is 8. The number of carbonyl (C=O) groups is 1. The Bertz CT molecular complexity index is 379. The quantitative estimate of drug-likeness (QED) is 0.769. The maximum absolute atomic E-state index is 11.7. The Morgan fingerprint density at radius 2 is 2.00 bits per heavy atom. The predicted molar refractivity (Wildman–Crippen MR) is 81.1 cm³/mol. The number of hydrogen-bond donors (Lipinski definition) is 2.